The van der Waals surface area contributed by atoms with E-state index in [4.69, 9.17) is 10.2 Å². The van der Waals surface area contributed by atoms with E-state index in [1.165, 1.54) is 0 Å². The van der Waals surface area contributed by atoms with E-state index in [0.717, 1.165) is 0 Å². The monoisotopic (exact) mass is 271 g/mol. The molecule has 1 rings (SSSR count). The van der Waals surface area contributed by atoms with Crippen LogP contribution in [0.25, 0.3) is 0 Å². The lowest BCUT2D eigenvalue weighted by atomic mass is 9.94. The van der Waals surface area contributed by atoms with Gasteiger partial charge in [-0.1, -0.05) is 20.8 Å². The van der Waals surface area contributed by atoms with Crippen molar-refractivity contribution in [1.82, 2.24) is 5.32 Å². The SMILES string of the molecule is CC1CC(C(=O)O)C(C(=O)NC(C(=O)O)C(C)C)C1. The molecular weight excluding hydrogens is 250 g/mol. The van der Waals surface area contributed by atoms with Crippen LogP contribution in [-0.4, -0.2) is 34.1 Å². The number of carbonyl (C=O) groups is 3. The highest BCUT2D eigenvalue weighted by Crippen LogP contribution is 2.36. The summed E-state index contributed by atoms with van der Waals surface area (Å²) in [5.41, 5.74) is 0. The Labute approximate surface area is 112 Å². The van der Waals surface area contributed by atoms with E-state index >= 15 is 0 Å². The highest BCUT2D eigenvalue weighted by atomic mass is 16.4. The summed E-state index contributed by atoms with van der Waals surface area (Å²) in [6, 6.07) is -0.974. The van der Waals surface area contributed by atoms with Gasteiger partial charge in [0.25, 0.3) is 0 Å². The Morgan fingerprint density at radius 1 is 1.11 bits per heavy atom. The van der Waals surface area contributed by atoms with Crippen molar-refractivity contribution in [2.75, 3.05) is 0 Å². The second-order valence-electron chi connectivity index (χ2n) is 5.70. The average molecular weight is 271 g/mol. The molecule has 0 aromatic heterocycles. The summed E-state index contributed by atoms with van der Waals surface area (Å²) in [6.45, 7) is 5.30. The number of amides is 1. The first kappa shape index (κ1) is 15.5. The highest BCUT2D eigenvalue weighted by molar-refractivity contribution is 5.88. The normalized spacial score (nSPS) is 28.1. The van der Waals surface area contributed by atoms with E-state index in [1.54, 1.807) is 13.8 Å². The van der Waals surface area contributed by atoms with Crippen LogP contribution < -0.4 is 5.32 Å². The van der Waals surface area contributed by atoms with Gasteiger partial charge in [-0.05, 0) is 24.7 Å². The van der Waals surface area contributed by atoms with Gasteiger partial charge >= 0.3 is 11.9 Å². The molecule has 19 heavy (non-hydrogen) atoms. The second kappa shape index (κ2) is 6.04. The number of carboxylic acid groups (broad SMARTS) is 2. The highest BCUT2D eigenvalue weighted by Gasteiger charge is 2.42. The fraction of sp³-hybridized carbons (Fsp3) is 0.769. The third-order valence-electron chi connectivity index (χ3n) is 3.68. The molecule has 4 unspecified atom stereocenters. The molecule has 1 saturated carbocycles. The predicted molar refractivity (Wildman–Crippen MR) is 67.4 cm³/mol. The van der Waals surface area contributed by atoms with E-state index in [2.05, 4.69) is 5.32 Å². The van der Waals surface area contributed by atoms with E-state index in [9.17, 15) is 14.4 Å². The third kappa shape index (κ3) is 3.68. The molecule has 0 saturated heterocycles. The first-order chi connectivity index (χ1) is 8.73. The van der Waals surface area contributed by atoms with Crippen LogP contribution >= 0.6 is 0 Å². The summed E-state index contributed by atoms with van der Waals surface area (Å²) in [7, 11) is 0. The molecule has 0 spiro atoms. The molecule has 0 aliphatic heterocycles. The number of hydrogen-bond acceptors (Lipinski definition) is 3. The van der Waals surface area contributed by atoms with Gasteiger partial charge in [0.1, 0.15) is 6.04 Å². The maximum atomic E-state index is 12.1. The zero-order valence-electron chi connectivity index (χ0n) is 11.4. The van der Waals surface area contributed by atoms with E-state index in [1.807, 2.05) is 6.92 Å². The van der Waals surface area contributed by atoms with Crippen molar-refractivity contribution in [3.63, 3.8) is 0 Å². The first-order valence-electron chi connectivity index (χ1n) is 6.50. The Morgan fingerprint density at radius 3 is 2.05 bits per heavy atom. The predicted octanol–water partition coefficient (Wildman–Crippen LogP) is 0.959. The molecule has 6 heteroatoms. The van der Waals surface area contributed by atoms with Crippen molar-refractivity contribution in [1.29, 1.82) is 0 Å². The van der Waals surface area contributed by atoms with E-state index < -0.39 is 35.7 Å². The molecule has 4 atom stereocenters. The molecule has 6 nitrogen and oxygen atoms in total. The van der Waals surface area contributed by atoms with Gasteiger partial charge in [-0.25, -0.2) is 4.79 Å². The Kier molecular flexibility index (Phi) is 4.91. The largest absolute Gasteiger partial charge is 0.481 e. The van der Waals surface area contributed by atoms with Crippen LogP contribution in [0.4, 0.5) is 0 Å². The van der Waals surface area contributed by atoms with Crippen LogP contribution in [0.5, 0.6) is 0 Å². The number of nitrogens with one attached hydrogen (secondary N) is 1. The van der Waals surface area contributed by atoms with Crippen molar-refractivity contribution in [3.05, 3.63) is 0 Å². The van der Waals surface area contributed by atoms with Crippen LogP contribution in [0.1, 0.15) is 33.6 Å². The summed E-state index contributed by atoms with van der Waals surface area (Å²) in [4.78, 5) is 34.2. The molecule has 1 fully saturated rings. The minimum Gasteiger partial charge on any atom is -0.481 e. The Morgan fingerprint density at radius 2 is 1.63 bits per heavy atom. The standard InChI is InChI=1S/C13H21NO5/c1-6(2)10(13(18)19)14-11(15)8-4-7(3)5-9(8)12(16)17/h6-10H,4-5H2,1-3H3,(H,14,15)(H,16,17)(H,18,19). The smallest absolute Gasteiger partial charge is 0.326 e. The second-order valence-corrected chi connectivity index (χ2v) is 5.70. The molecule has 1 aliphatic carbocycles. The Hall–Kier alpha value is -1.59. The van der Waals surface area contributed by atoms with Gasteiger partial charge in [-0.15, -0.1) is 0 Å². The molecule has 0 radical (unpaired) electrons. The van der Waals surface area contributed by atoms with Gasteiger partial charge in [-0.3, -0.25) is 9.59 Å². The minimum atomic E-state index is -1.10. The fourth-order valence-corrected chi connectivity index (χ4v) is 2.63. The first-order valence-corrected chi connectivity index (χ1v) is 6.50. The molecular formula is C13H21NO5. The topological polar surface area (TPSA) is 104 Å². The van der Waals surface area contributed by atoms with Crippen molar-refractivity contribution in [2.24, 2.45) is 23.7 Å². The lowest BCUT2D eigenvalue weighted by Crippen LogP contribution is -2.47. The summed E-state index contributed by atoms with van der Waals surface area (Å²) >= 11 is 0. The molecule has 0 heterocycles. The van der Waals surface area contributed by atoms with Gasteiger partial charge in [-0.2, -0.15) is 0 Å². The number of carboxylic acids is 2. The average Bonchev–Trinajstić information content (AvgIpc) is 2.67. The number of carbonyl (C=O) groups excluding carboxylic acids is 1. The summed E-state index contributed by atoms with van der Waals surface area (Å²) in [5.74, 6) is -3.97. The van der Waals surface area contributed by atoms with E-state index in [-0.39, 0.29) is 11.8 Å². The number of aliphatic carboxylic acids is 2. The zero-order valence-corrected chi connectivity index (χ0v) is 11.4. The minimum absolute atomic E-state index is 0.166. The Balaban J connectivity index is 2.76. The fourth-order valence-electron chi connectivity index (χ4n) is 2.63. The third-order valence-corrected chi connectivity index (χ3v) is 3.68. The number of hydrogen-bond donors (Lipinski definition) is 3. The van der Waals surface area contributed by atoms with Crippen molar-refractivity contribution in [3.8, 4) is 0 Å². The lowest BCUT2D eigenvalue weighted by molar-refractivity contribution is -0.147. The molecule has 0 bridgehead atoms. The van der Waals surface area contributed by atoms with Crippen LogP contribution in [0.15, 0.2) is 0 Å². The molecule has 1 amide bonds. The van der Waals surface area contributed by atoms with Crippen molar-refractivity contribution >= 4 is 17.8 Å². The van der Waals surface area contributed by atoms with Crippen molar-refractivity contribution < 1.29 is 24.6 Å². The lowest BCUT2D eigenvalue weighted by Gasteiger charge is -2.22. The van der Waals surface area contributed by atoms with Crippen LogP contribution in [-0.2, 0) is 14.4 Å². The summed E-state index contributed by atoms with van der Waals surface area (Å²) in [6.07, 6.45) is 0.958. The molecule has 108 valence electrons. The van der Waals surface area contributed by atoms with Gasteiger partial charge < -0.3 is 15.5 Å². The van der Waals surface area contributed by atoms with Crippen LogP contribution in [0.2, 0.25) is 0 Å². The zero-order chi connectivity index (χ0) is 14.7. The van der Waals surface area contributed by atoms with Gasteiger partial charge in [0, 0.05) is 0 Å². The Bertz CT molecular complexity index is 379. The van der Waals surface area contributed by atoms with Crippen LogP contribution in [0, 0.1) is 23.7 Å². The van der Waals surface area contributed by atoms with Crippen molar-refractivity contribution in [2.45, 2.75) is 39.7 Å². The van der Waals surface area contributed by atoms with Gasteiger partial charge in [0.15, 0.2) is 0 Å². The molecule has 1 aliphatic rings. The maximum Gasteiger partial charge on any atom is 0.326 e. The maximum absolute atomic E-state index is 12.1. The van der Waals surface area contributed by atoms with Gasteiger partial charge in [0.05, 0.1) is 11.8 Å². The molecule has 0 aromatic carbocycles. The quantitative estimate of drug-likeness (QED) is 0.691. The molecule has 3 N–H and O–H groups in total. The summed E-state index contributed by atoms with van der Waals surface area (Å²) in [5, 5.41) is 20.6. The summed E-state index contributed by atoms with van der Waals surface area (Å²) < 4.78 is 0. The van der Waals surface area contributed by atoms with Gasteiger partial charge in [0.2, 0.25) is 5.91 Å². The van der Waals surface area contributed by atoms with Crippen LogP contribution in [0.3, 0.4) is 0 Å². The van der Waals surface area contributed by atoms with E-state index in [0.29, 0.717) is 12.8 Å². The number of rotatable bonds is 5. The molecule has 0 aromatic rings.